The van der Waals surface area contributed by atoms with E-state index in [2.05, 4.69) is 4.98 Å². The summed E-state index contributed by atoms with van der Waals surface area (Å²) in [6.07, 6.45) is 1.93. The van der Waals surface area contributed by atoms with E-state index < -0.39 is 27.3 Å². The van der Waals surface area contributed by atoms with Gasteiger partial charge in [-0.05, 0) is 30.7 Å². The monoisotopic (exact) mass is 478 g/mol. The zero-order chi connectivity index (χ0) is 23.5. The fourth-order valence-electron chi connectivity index (χ4n) is 2.96. The van der Waals surface area contributed by atoms with Gasteiger partial charge in [0.15, 0.2) is 0 Å². The van der Waals surface area contributed by atoms with Crippen molar-refractivity contribution in [3.05, 3.63) is 76.7 Å². The largest absolute Gasteiger partial charge is 0.496 e. The molecule has 0 aliphatic heterocycles. The van der Waals surface area contributed by atoms with E-state index in [0.29, 0.717) is 5.56 Å². The van der Waals surface area contributed by atoms with Crippen LogP contribution in [0.25, 0.3) is 11.1 Å². The maximum Gasteiger partial charge on any atom is 0.267 e. The Morgan fingerprint density at radius 3 is 2.47 bits per heavy atom. The van der Waals surface area contributed by atoms with Crippen LogP contribution in [-0.2, 0) is 10.0 Å². The smallest absolute Gasteiger partial charge is 0.267 e. The lowest BCUT2D eigenvalue weighted by atomic mass is 10.0. The fraction of sp³-hybridized carbons (Fsp3) is 0.182. The van der Waals surface area contributed by atoms with Crippen molar-refractivity contribution in [2.45, 2.75) is 13.0 Å². The molecule has 0 spiro atoms. The Hall–Kier alpha value is -3.17. The van der Waals surface area contributed by atoms with Crippen molar-refractivity contribution in [2.75, 3.05) is 13.4 Å². The normalized spacial score (nSPS) is 12.2. The Kier molecular flexibility index (Phi) is 7.00. The van der Waals surface area contributed by atoms with Gasteiger partial charge >= 0.3 is 0 Å². The molecule has 0 unspecified atom stereocenters. The van der Waals surface area contributed by atoms with E-state index in [4.69, 9.17) is 21.1 Å². The molecule has 32 heavy (non-hydrogen) atoms. The molecular weight excluding hydrogens is 459 g/mol. The van der Waals surface area contributed by atoms with Gasteiger partial charge in [0.25, 0.3) is 5.91 Å². The number of carbonyl (C=O) groups is 1. The first kappa shape index (κ1) is 23.5. The molecular formula is C22H20ClFN2O5S. The molecule has 10 heteroatoms. The summed E-state index contributed by atoms with van der Waals surface area (Å²) in [6.45, 7) is 1.86. The lowest BCUT2D eigenvalue weighted by Crippen LogP contribution is -2.30. The Labute approximate surface area is 190 Å². The quantitative estimate of drug-likeness (QED) is 0.541. The molecule has 0 aliphatic carbocycles. The molecule has 0 fully saturated rings. The van der Waals surface area contributed by atoms with E-state index in [-0.39, 0.29) is 28.3 Å². The molecule has 1 amide bonds. The van der Waals surface area contributed by atoms with Crippen LogP contribution >= 0.6 is 11.6 Å². The highest BCUT2D eigenvalue weighted by Crippen LogP contribution is 2.36. The number of amides is 1. The number of ether oxygens (including phenoxy) is 2. The van der Waals surface area contributed by atoms with E-state index in [1.807, 2.05) is 37.3 Å². The SMILES string of the molecule is COc1cc(C(=O)NS(C)(=O)=O)c(F)cc1-c1cnc(O[C@H](C)c2ccccc2)c(Cl)c1. The van der Waals surface area contributed by atoms with Crippen molar-refractivity contribution in [3.63, 3.8) is 0 Å². The second kappa shape index (κ2) is 9.54. The van der Waals surface area contributed by atoms with E-state index in [1.54, 1.807) is 4.72 Å². The van der Waals surface area contributed by atoms with Crippen molar-refractivity contribution in [1.82, 2.24) is 9.71 Å². The third kappa shape index (κ3) is 5.54. The molecule has 0 aliphatic rings. The minimum absolute atomic E-state index is 0.134. The molecule has 0 bridgehead atoms. The van der Waals surface area contributed by atoms with E-state index in [0.717, 1.165) is 24.0 Å². The van der Waals surface area contributed by atoms with Crippen LogP contribution in [-0.4, -0.2) is 32.7 Å². The molecule has 7 nitrogen and oxygen atoms in total. The van der Waals surface area contributed by atoms with Crippen LogP contribution in [0, 0.1) is 5.82 Å². The van der Waals surface area contributed by atoms with Crippen LogP contribution < -0.4 is 14.2 Å². The van der Waals surface area contributed by atoms with Gasteiger partial charge in [-0.3, -0.25) is 4.79 Å². The minimum atomic E-state index is -3.86. The van der Waals surface area contributed by atoms with Gasteiger partial charge in [-0.15, -0.1) is 0 Å². The van der Waals surface area contributed by atoms with E-state index >= 15 is 0 Å². The third-order valence-corrected chi connectivity index (χ3v) is 5.31. The number of benzene rings is 2. The highest BCUT2D eigenvalue weighted by Gasteiger charge is 2.21. The summed E-state index contributed by atoms with van der Waals surface area (Å²) >= 11 is 6.35. The van der Waals surface area contributed by atoms with Crippen molar-refractivity contribution < 1.29 is 27.1 Å². The number of pyridine rings is 1. The number of hydrogen-bond donors (Lipinski definition) is 1. The molecule has 2 aromatic carbocycles. The highest BCUT2D eigenvalue weighted by atomic mass is 35.5. The molecule has 0 saturated heterocycles. The summed E-state index contributed by atoms with van der Waals surface area (Å²) in [5, 5.41) is 0.201. The summed E-state index contributed by atoms with van der Waals surface area (Å²) in [6, 6.07) is 13.2. The first-order valence-electron chi connectivity index (χ1n) is 9.36. The van der Waals surface area contributed by atoms with Gasteiger partial charge in [0.2, 0.25) is 15.9 Å². The Bertz CT molecular complexity index is 1250. The van der Waals surface area contributed by atoms with Crippen LogP contribution in [0.4, 0.5) is 4.39 Å². The summed E-state index contributed by atoms with van der Waals surface area (Å²) in [7, 11) is -2.52. The molecule has 1 aromatic heterocycles. The van der Waals surface area contributed by atoms with Crippen LogP contribution in [0.3, 0.4) is 0 Å². The number of nitrogens with one attached hydrogen (secondary N) is 1. The van der Waals surface area contributed by atoms with Gasteiger partial charge < -0.3 is 9.47 Å². The van der Waals surface area contributed by atoms with Gasteiger partial charge in [-0.1, -0.05) is 41.9 Å². The standard InChI is InChI=1S/C22H20ClFN2O5S/c1-13(14-7-5-4-6-8-14)31-22-18(23)9-15(12-25-22)16-10-19(24)17(11-20(16)30-2)21(27)26-32(3,28)29/h4-13H,1-3H3,(H,26,27)/t13-/m1/s1. The topological polar surface area (TPSA) is 94.6 Å². The van der Waals surface area contributed by atoms with E-state index in [1.165, 1.54) is 19.4 Å². The average Bonchev–Trinajstić information content (AvgIpc) is 2.74. The molecule has 1 atom stereocenters. The number of aromatic nitrogens is 1. The summed E-state index contributed by atoms with van der Waals surface area (Å²) in [5.74, 6) is -1.70. The maximum atomic E-state index is 14.6. The molecule has 168 valence electrons. The lowest BCUT2D eigenvalue weighted by Gasteiger charge is -2.16. The van der Waals surface area contributed by atoms with Gasteiger partial charge in [-0.25, -0.2) is 22.5 Å². The van der Waals surface area contributed by atoms with Gasteiger partial charge in [-0.2, -0.15) is 0 Å². The maximum absolute atomic E-state index is 14.6. The van der Waals surface area contributed by atoms with Crippen LogP contribution in [0.1, 0.15) is 28.9 Å². The molecule has 0 saturated carbocycles. The molecule has 3 aromatic rings. The van der Waals surface area contributed by atoms with E-state index in [9.17, 15) is 17.6 Å². The Morgan fingerprint density at radius 1 is 1.19 bits per heavy atom. The van der Waals surface area contributed by atoms with Gasteiger partial charge in [0.05, 0.1) is 18.9 Å². The zero-order valence-electron chi connectivity index (χ0n) is 17.4. The summed E-state index contributed by atoms with van der Waals surface area (Å²) in [5.41, 5.74) is 1.16. The van der Waals surface area contributed by atoms with Crippen molar-refractivity contribution in [3.8, 4) is 22.8 Å². The number of nitrogens with zero attached hydrogens (tertiary/aromatic N) is 1. The summed E-state index contributed by atoms with van der Waals surface area (Å²) in [4.78, 5) is 16.3. The van der Waals surface area contributed by atoms with Crippen molar-refractivity contribution >= 4 is 27.5 Å². The Balaban J connectivity index is 1.91. The number of carbonyl (C=O) groups excluding carboxylic acids is 1. The number of hydrogen-bond acceptors (Lipinski definition) is 6. The number of methoxy groups -OCH3 is 1. The molecule has 1 heterocycles. The highest BCUT2D eigenvalue weighted by molar-refractivity contribution is 7.89. The average molecular weight is 479 g/mol. The molecule has 1 N–H and O–H groups in total. The first-order valence-corrected chi connectivity index (χ1v) is 11.6. The second-order valence-electron chi connectivity index (χ2n) is 6.92. The predicted octanol–water partition coefficient (Wildman–Crippen LogP) is 4.38. The van der Waals surface area contributed by atoms with Gasteiger partial charge in [0.1, 0.15) is 22.7 Å². The zero-order valence-corrected chi connectivity index (χ0v) is 19.0. The Morgan fingerprint density at radius 2 is 1.88 bits per heavy atom. The number of halogens is 2. The van der Waals surface area contributed by atoms with Crippen molar-refractivity contribution in [2.24, 2.45) is 0 Å². The lowest BCUT2D eigenvalue weighted by molar-refractivity contribution is 0.0977. The number of rotatable bonds is 7. The predicted molar refractivity (Wildman–Crippen MR) is 119 cm³/mol. The van der Waals surface area contributed by atoms with Crippen molar-refractivity contribution in [1.29, 1.82) is 0 Å². The van der Waals surface area contributed by atoms with Crippen LogP contribution in [0.5, 0.6) is 11.6 Å². The fourth-order valence-corrected chi connectivity index (χ4v) is 3.62. The number of sulfonamides is 1. The second-order valence-corrected chi connectivity index (χ2v) is 9.07. The molecule has 0 radical (unpaired) electrons. The summed E-state index contributed by atoms with van der Waals surface area (Å²) < 4.78 is 50.0. The van der Waals surface area contributed by atoms with Crippen LogP contribution in [0.15, 0.2) is 54.7 Å². The van der Waals surface area contributed by atoms with Crippen LogP contribution in [0.2, 0.25) is 5.02 Å². The molecule has 3 rings (SSSR count). The minimum Gasteiger partial charge on any atom is -0.496 e. The third-order valence-electron chi connectivity index (χ3n) is 4.49. The first-order chi connectivity index (χ1) is 15.1. The van der Waals surface area contributed by atoms with Gasteiger partial charge in [0, 0.05) is 17.3 Å².